The molecule has 4 fully saturated rings. The molecule has 1 N–H and O–H groups in total. The second kappa shape index (κ2) is 8.68. The zero-order valence-electron chi connectivity index (χ0n) is 17.9. The van der Waals surface area contributed by atoms with Crippen molar-refractivity contribution in [2.45, 2.75) is 77.7 Å². The van der Waals surface area contributed by atoms with Gasteiger partial charge in [-0.25, -0.2) is 8.42 Å². The van der Waals surface area contributed by atoms with Crippen LogP contribution in [0.2, 0.25) is 0 Å². The van der Waals surface area contributed by atoms with Crippen molar-refractivity contribution >= 4 is 25.7 Å². The molecule has 4 aliphatic rings. The molecule has 8 atom stereocenters. The average molecular weight is 453 g/mol. The quantitative estimate of drug-likeness (QED) is 0.385. The van der Waals surface area contributed by atoms with E-state index in [9.17, 15) is 22.9 Å². The number of Topliss-reactive ketones (excluding diaryl/α,β-unsaturated/α-hetero) is 1. The zero-order valence-corrected chi connectivity index (χ0v) is 21.6. The second-order valence-electron chi connectivity index (χ2n) is 10.4. The first-order valence-corrected chi connectivity index (χ1v) is 13.8. The predicted octanol–water partition coefficient (Wildman–Crippen LogP) is 0.773. The molecular weight excluding hydrogens is 419 g/mol. The summed E-state index contributed by atoms with van der Waals surface area (Å²) in [5.41, 5.74) is 0.265. The summed E-state index contributed by atoms with van der Waals surface area (Å²) in [6, 6.07) is 0. The maximum absolute atomic E-state index is 12.8. The number of rotatable bonds is 4. The Kier molecular flexibility index (Phi) is 7.34. The van der Waals surface area contributed by atoms with Crippen LogP contribution in [0, 0.1) is 40.4 Å². The Balaban J connectivity index is 0.00000240. The molecule has 4 rings (SSSR count). The summed E-state index contributed by atoms with van der Waals surface area (Å²) >= 11 is 0. The molecule has 0 unspecified atom stereocenters. The van der Waals surface area contributed by atoms with Gasteiger partial charge in [-0.1, -0.05) is 13.8 Å². The van der Waals surface area contributed by atoms with Gasteiger partial charge in [-0.15, -0.1) is 0 Å². The Hall–Kier alpha value is 0.890. The predicted molar refractivity (Wildman–Crippen MR) is 108 cm³/mol. The van der Waals surface area contributed by atoms with Gasteiger partial charge in [-0.2, -0.15) is 0 Å². The molecular formula is C21H33NaO5S2. The van der Waals surface area contributed by atoms with Gasteiger partial charge in [0.1, 0.15) is 14.9 Å². The molecule has 0 radical (unpaired) electrons. The monoisotopic (exact) mass is 452 g/mol. The number of ketones is 1. The van der Waals surface area contributed by atoms with E-state index in [1.165, 1.54) is 12.8 Å². The van der Waals surface area contributed by atoms with Crippen molar-refractivity contribution in [3.05, 3.63) is 0 Å². The van der Waals surface area contributed by atoms with Crippen LogP contribution >= 0.6 is 10.8 Å². The molecule has 0 bridgehead atoms. The fourth-order valence-electron chi connectivity index (χ4n) is 8.00. The van der Waals surface area contributed by atoms with Crippen LogP contribution in [0.5, 0.6) is 0 Å². The van der Waals surface area contributed by atoms with Crippen LogP contribution in [0.15, 0.2) is 0 Å². The third kappa shape index (κ3) is 4.40. The molecule has 0 aromatic carbocycles. The van der Waals surface area contributed by atoms with Crippen molar-refractivity contribution in [2.24, 2.45) is 40.4 Å². The van der Waals surface area contributed by atoms with Crippen molar-refractivity contribution in [3.63, 3.8) is 0 Å². The van der Waals surface area contributed by atoms with Gasteiger partial charge >= 0.3 is 29.6 Å². The molecule has 0 aromatic rings. The van der Waals surface area contributed by atoms with Crippen molar-refractivity contribution < 1.29 is 52.4 Å². The van der Waals surface area contributed by atoms with Crippen LogP contribution in [-0.4, -0.2) is 35.7 Å². The number of hydrogen-bond acceptors (Lipinski definition) is 6. The molecule has 4 saturated carbocycles. The Morgan fingerprint density at radius 2 is 1.69 bits per heavy atom. The number of aliphatic hydroxyl groups excluding tert-OH is 1. The number of aliphatic hydroxyl groups is 1. The van der Waals surface area contributed by atoms with Gasteiger partial charge < -0.3 is 9.66 Å². The van der Waals surface area contributed by atoms with E-state index in [0.717, 1.165) is 44.9 Å². The smallest absolute Gasteiger partial charge is 0.739 e. The van der Waals surface area contributed by atoms with E-state index in [1.54, 1.807) is 0 Å². The number of fused-ring (bicyclic) bond motifs is 5. The minimum atomic E-state index is -4.42. The van der Waals surface area contributed by atoms with Crippen LogP contribution in [0.25, 0.3) is 0 Å². The third-order valence-corrected chi connectivity index (χ3v) is 11.3. The first-order chi connectivity index (χ1) is 13.0. The van der Waals surface area contributed by atoms with Crippen LogP contribution in [0.1, 0.15) is 71.6 Å². The summed E-state index contributed by atoms with van der Waals surface area (Å²) in [4.78, 5) is 12.8. The molecule has 0 spiro atoms. The first kappa shape index (κ1) is 24.5. The SMILES string of the molecule is C[C@]12CC[C@@H](O)C[C@@H]1CC[C@@H]1[C@@H]2CC[C@]2(C)[C@@H](C(=O)CSS(=O)(=O)[O-])CC[C@@H]12.[Na+]. The largest absolute Gasteiger partial charge is 1.00 e. The molecule has 0 aromatic heterocycles. The van der Waals surface area contributed by atoms with Gasteiger partial charge in [0.2, 0.25) is 0 Å². The second-order valence-corrected chi connectivity index (χ2v) is 13.7. The average Bonchev–Trinajstić information content (AvgIpc) is 2.97. The standard InChI is InChI=1S/C21H34O5S2.Na/c1-20-9-7-14(22)11-13(20)3-4-15-16-5-6-18(19(23)12-27-28(24,25)26)21(16,2)10-8-17(15)20;/h13-18,22H,3-12H2,1-2H3,(H,24,25,26);/q;+1/p-1/t13-,14+,15-,16-,17-,18+,20-,21-;/m0./s1. The molecule has 4 aliphatic carbocycles. The van der Waals surface area contributed by atoms with E-state index in [0.29, 0.717) is 29.1 Å². The zero-order chi connectivity index (χ0) is 20.3. The summed E-state index contributed by atoms with van der Waals surface area (Å²) in [6.45, 7) is 4.70. The summed E-state index contributed by atoms with van der Waals surface area (Å²) in [5, 5.41) is 10.1. The van der Waals surface area contributed by atoms with Gasteiger partial charge in [0, 0.05) is 5.92 Å². The fourth-order valence-corrected chi connectivity index (χ4v) is 9.24. The summed E-state index contributed by atoms with van der Waals surface area (Å²) in [5.74, 6) is 2.12. The fraction of sp³-hybridized carbons (Fsp3) is 0.952. The molecule has 0 heterocycles. The van der Waals surface area contributed by atoms with Gasteiger partial charge in [0.05, 0.1) is 11.9 Å². The Morgan fingerprint density at radius 1 is 1.03 bits per heavy atom. The number of hydrogen-bond donors (Lipinski definition) is 1. The molecule has 0 saturated heterocycles. The summed E-state index contributed by atoms with van der Waals surface area (Å²) in [7, 11) is -4.17. The summed E-state index contributed by atoms with van der Waals surface area (Å²) in [6.07, 6.45) is 9.27. The van der Waals surface area contributed by atoms with E-state index in [2.05, 4.69) is 13.8 Å². The maximum Gasteiger partial charge on any atom is 1.00 e. The minimum Gasteiger partial charge on any atom is -0.739 e. The molecule has 0 amide bonds. The topological polar surface area (TPSA) is 94.5 Å². The van der Waals surface area contributed by atoms with E-state index in [4.69, 9.17) is 0 Å². The molecule has 29 heavy (non-hydrogen) atoms. The van der Waals surface area contributed by atoms with Gasteiger partial charge in [0.25, 0.3) is 0 Å². The Bertz CT molecular complexity index is 743. The molecule has 0 aliphatic heterocycles. The molecule has 8 heteroatoms. The molecule has 160 valence electrons. The van der Waals surface area contributed by atoms with E-state index < -0.39 is 9.15 Å². The Labute approximate surface area is 201 Å². The van der Waals surface area contributed by atoms with Crippen LogP contribution in [0.4, 0.5) is 0 Å². The van der Waals surface area contributed by atoms with Crippen LogP contribution in [-0.2, 0) is 13.9 Å². The third-order valence-electron chi connectivity index (χ3n) is 9.37. The van der Waals surface area contributed by atoms with E-state index in [1.807, 2.05) is 0 Å². The normalized spacial score (nSPS) is 46.8. The van der Waals surface area contributed by atoms with Crippen molar-refractivity contribution in [1.29, 1.82) is 0 Å². The Morgan fingerprint density at radius 3 is 2.38 bits per heavy atom. The van der Waals surface area contributed by atoms with Gasteiger partial charge in [-0.05, 0) is 103 Å². The van der Waals surface area contributed by atoms with E-state index >= 15 is 0 Å². The van der Waals surface area contributed by atoms with E-state index in [-0.39, 0.29) is 69.3 Å². The van der Waals surface area contributed by atoms with Gasteiger partial charge in [0.15, 0.2) is 0 Å². The van der Waals surface area contributed by atoms with Crippen LogP contribution < -0.4 is 29.6 Å². The van der Waals surface area contributed by atoms with Gasteiger partial charge in [-0.3, -0.25) is 4.79 Å². The molecule has 5 nitrogen and oxygen atoms in total. The van der Waals surface area contributed by atoms with Crippen molar-refractivity contribution in [2.75, 3.05) is 5.75 Å². The van der Waals surface area contributed by atoms with Crippen LogP contribution in [0.3, 0.4) is 0 Å². The maximum atomic E-state index is 12.8. The van der Waals surface area contributed by atoms with Crippen molar-refractivity contribution in [3.8, 4) is 0 Å². The summed E-state index contributed by atoms with van der Waals surface area (Å²) < 4.78 is 32.8. The van der Waals surface area contributed by atoms with Crippen molar-refractivity contribution in [1.82, 2.24) is 0 Å². The number of carbonyl (C=O) groups is 1. The number of carbonyl (C=O) groups excluding carboxylic acids is 1. The minimum absolute atomic E-state index is 0. The first-order valence-electron chi connectivity index (χ1n) is 10.9.